The molecule has 0 saturated heterocycles. The van der Waals surface area contributed by atoms with Gasteiger partial charge in [-0.05, 0) is 49.3 Å². The molecule has 1 fully saturated rings. The van der Waals surface area contributed by atoms with E-state index in [2.05, 4.69) is 39.4 Å². The Morgan fingerprint density at radius 2 is 2.00 bits per heavy atom. The first kappa shape index (κ1) is 10.8. The van der Waals surface area contributed by atoms with Crippen molar-refractivity contribution in [2.75, 3.05) is 0 Å². The van der Waals surface area contributed by atoms with Crippen molar-refractivity contribution in [2.45, 2.75) is 50.6 Å². The Balaban J connectivity index is 1.84. The predicted molar refractivity (Wildman–Crippen MR) is 70.6 cm³/mol. The van der Waals surface area contributed by atoms with Gasteiger partial charge in [0, 0.05) is 16.6 Å². The maximum atomic E-state index is 3.82. The summed E-state index contributed by atoms with van der Waals surface area (Å²) in [5.41, 5.74) is 3.07. The fourth-order valence-electron chi connectivity index (χ4n) is 2.84. The first-order valence-electron chi connectivity index (χ1n) is 6.38. The molecule has 1 N–H and O–H groups in total. The molecule has 0 spiro atoms. The second-order valence-electron chi connectivity index (χ2n) is 5.05. The molecule has 1 nitrogen and oxygen atoms in total. The van der Waals surface area contributed by atoms with Gasteiger partial charge in [0.15, 0.2) is 0 Å². The van der Waals surface area contributed by atoms with E-state index in [-0.39, 0.29) is 0 Å². The van der Waals surface area contributed by atoms with Gasteiger partial charge < -0.3 is 5.32 Å². The van der Waals surface area contributed by atoms with Gasteiger partial charge in [-0.25, -0.2) is 0 Å². The molecular formula is C14H18BrN. The van der Waals surface area contributed by atoms with Crippen LogP contribution in [0.5, 0.6) is 0 Å². The van der Waals surface area contributed by atoms with Crippen LogP contribution in [-0.4, -0.2) is 6.04 Å². The fraction of sp³-hybridized carbons (Fsp3) is 0.571. The number of fused-ring (bicyclic) bond motifs is 1. The van der Waals surface area contributed by atoms with Crippen molar-refractivity contribution >= 4 is 15.9 Å². The topological polar surface area (TPSA) is 12.0 Å². The zero-order valence-electron chi connectivity index (χ0n) is 9.51. The van der Waals surface area contributed by atoms with Crippen molar-refractivity contribution in [3.63, 3.8) is 0 Å². The third-order valence-corrected chi connectivity index (χ3v) is 4.74. The Labute approximate surface area is 106 Å². The van der Waals surface area contributed by atoms with Gasteiger partial charge in [0.1, 0.15) is 0 Å². The van der Waals surface area contributed by atoms with Gasteiger partial charge in [-0.1, -0.05) is 34.5 Å². The summed E-state index contributed by atoms with van der Waals surface area (Å²) in [6, 6.07) is 8.03. The van der Waals surface area contributed by atoms with E-state index in [0.29, 0.717) is 6.04 Å². The van der Waals surface area contributed by atoms with Gasteiger partial charge >= 0.3 is 0 Å². The van der Waals surface area contributed by atoms with Crippen LogP contribution in [0.1, 0.15) is 49.3 Å². The van der Waals surface area contributed by atoms with Crippen LogP contribution in [0.2, 0.25) is 0 Å². The average molecular weight is 280 g/mol. The van der Waals surface area contributed by atoms with E-state index in [4.69, 9.17) is 0 Å². The van der Waals surface area contributed by atoms with Crippen LogP contribution < -0.4 is 5.32 Å². The minimum Gasteiger partial charge on any atom is -0.307 e. The zero-order chi connectivity index (χ0) is 11.0. The van der Waals surface area contributed by atoms with Crippen molar-refractivity contribution in [1.82, 2.24) is 5.32 Å². The first-order chi connectivity index (χ1) is 7.84. The van der Waals surface area contributed by atoms with E-state index in [1.165, 1.54) is 54.1 Å². The van der Waals surface area contributed by atoms with Crippen molar-refractivity contribution in [1.29, 1.82) is 0 Å². The molecule has 0 aliphatic heterocycles. The lowest BCUT2D eigenvalue weighted by Crippen LogP contribution is -2.39. The molecule has 1 atom stereocenters. The molecule has 2 aliphatic rings. The maximum Gasteiger partial charge on any atom is 0.0325 e. The summed E-state index contributed by atoms with van der Waals surface area (Å²) in [4.78, 5) is 0. The Morgan fingerprint density at radius 3 is 2.75 bits per heavy atom. The van der Waals surface area contributed by atoms with Gasteiger partial charge in [0.05, 0.1) is 0 Å². The first-order valence-corrected chi connectivity index (χ1v) is 7.17. The lowest BCUT2D eigenvalue weighted by atomic mass is 9.85. The Kier molecular flexibility index (Phi) is 3.03. The molecule has 1 aromatic rings. The van der Waals surface area contributed by atoms with E-state index in [9.17, 15) is 0 Å². The summed E-state index contributed by atoms with van der Waals surface area (Å²) in [6.07, 6.45) is 8.02. The van der Waals surface area contributed by atoms with Crippen molar-refractivity contribution in [3.05, 3.63) is 33.8 Å². The summed E-state index contributed by atoms with van der Waals surface area (Å²) < 4.78 is 1.30. The molecule has 2 aliphatic carbocycles. The van der Waals surface area contributed by atoms with Crippen LogP contribution in [0.25, 0.3) is 0 Å². The molecule has 1 aromatic carbocycles. The summed E-state index contributed by atoms with van der Waals surface area (Å²) in [5.74, 6) is 0. The normalized spacial score (nSPS) is 24.9. The third-order valence-electron chi connectivity index (χ3n) is 3.99. The van der Waals surface area contributed by atoms with Crippen LogP contribution >= 0.6 is 15.9 Å². The van der Waals surface area contributed by atoms with E-state index in [1.54, 1.807) is 0 Å². The number of benzene rings is 1. The number of nitrogens with one attached hydrogen (secondary N) is 1. The van der Waals surface area contributed by atoms with E-state index in [0.717, 1.165) is 6.04 Å². The highest BCUT2D eigenvalue weighted by atomic mass is 79.9. The zero-order valence-corrected chi connectivity index (χ0v) is 11.1. The smallest absolute Gasteiger partial charge is 0.0325 e. The molecule has 0 heterocycles. The van der Waals surface area contributed by atoms with E-state index >= 15 is 0 Å². The molecule has 2 heteroatoms. The summed E-state index contributed by atoms with van der Waals surface area (Å²) in [5, 5.41) is 3.82. The molecule has 86 valence electrons. The fourth-order valence-corrected chi connectivity index (χ4v) is 3.42. The second-order valence-corrected chi connectivity index (χ2v) is 5.90. The van der Waals surface area contributed by atoms with Crippen LogP contribution in [0, 0.1) is 0 Å². The van der Waals surface area contributed by atoms with Gasteiger partial charge in [0.25, 0.3) is 0 Å². The minimum atomic E-state index is 0.603. The lowest BCUT2D eigenvalue weighted by molar-refractivity contribution is 0.290. The molecule has 1 unspecified atom stereocenters. The predicted octanol–water partition coefficient (Wildman–Crippen LogP) is 3.97. The van der Waals surface area contributed by atoms with Crippen LogP contribution in [0.4, 0.5) is 0 Å². The van der Waals surface area contributed by atoms with Crippen LogP contribution in [0.15, 0.2) is 22.7 Å². The van der Waals surface area contributed by atoms with Crippen molar-refractivity contribution in [2.24, 2.45) is 0 Å². The molecule has 0 radical (unpaired) electrons. The van der Waals surface area contributed by atoms with Crippen molar-refractivity contribution < 1.29 is 0 Å². The van der Waals surface area contributed by atoms with Gasteiger partial charge in [-0.15, -0.1) is 0 Å². The van der Waals surface area contributed by atoms with Crippen LogP contribution in [-0.2, 0) is 6.42 Å². The SMILES string of the molecule is Brc1cccc2c1CCCC2NC1CCC1. The van der Waals surface area contributed by atoms with Crippen molar-refractivity contribution in [3.8, 4) is 0 Å². The average Bonchev–Trinajstić information content (AvgIpc) is 2.24. The second kappa shape index (κ2) is 4.50. The highest BCUT2D eigenvalue weighted by molar-refractivity contribution is 9.10. The quantitative estimate of drug-likeness (QED) is 0.864. The number of hydrogen-bond donors (Lipinski definition) is 1. The lowest BCUT2D eigenvalue weighted by Gasteiger charge is -2.35. The largest absolute Gasteiger partial charge is 0.307 e. The van der Waals surface area contributed by atoms with Gasteiger partial charge in [-0.2, -0.15) is 0 Å². The molecule has 0 amide bonds. The monoisotopic (exact) mass is 279 g/mol. The Hall–Kier alpha value is -0.340. The molecule has 0 aromatic heterocycles. The molecule has 16 heavy (non-hydrogen) atoms. The summed E-state index contributed by atoms with van der Waals surface area (Å²) in [6.45, 7) is 0. The molecule has 0 bridgehead atoms. The molecule has 1 saturated carbocycles. The van der Waals surface area contributed by atoms with E-state index in [1.807, 2.05) is 0 Å². The Bertz CT molecular complexity index is 384. The standard InChI is InChI=1S/C14H18BrN/c15-13-8-2-7-12-11(13)6-3-9-14(12)16-10-4-1-5-10/h2,7-8,10,14,16H,1,3-6,9H2. The molecular weight excluding hydrogens is 262 g/mol. The van der Waals surface area contributed by atoms with Gasteiger partial charge in [-0.3, -0.25) is 0 Å². The highest BCUT2D eigenvalue weighted by Gasteiger charge is 2.26. The van der Waals surface area contributed by atoms with Gasteiger partial charge in [0.2, 0.25) is 0 Å². The highest BCUT2D eigenvalue weighted by Crippen LogP contribution is 2.35. The maximum absolute atomic E-state index is 3.82. The number of halogens is 1. The van der Waals surface area contributed by atoms with Crippen LogP contribution in [0.3, 0.4) is 0 Å². The summed E-state index contributed by atoms with van der Waals surface area (Å²) >= 11 is 3.68. The number of hydrogen-bond acceptors (Lipinski definition) is 1. The Morgan fingerprint density at radius 1 is 1.12 bits per heavy atom. The summed E-state index contributed by atoms with van der Waals surface area (Å²) in [7, 11) is 0. The van der Waals surface area contributed by atoms with E-state index < -0.39 is 0 Å². The molecule has 3 rings (SSSR count). The third kappa shape index (κ3) is 1.93. The minimum absolute atomic E-state index is 0.603. The number of rotatable bonds is 2.